The number of fused-ring (bicyclic) bond motifs is 2. The molecule has 2 aromatic carbocycles. The molecule has 64 heavy (non-hydrogen) atoms. The number of carbonyl (C=O) groups excluding carboxylic acids is 2. The van der Waals surface area contributed by atoms with E-state index in [1.807, 2.05) is 18.7 Å². The Morgan fingerprint density at radius 3 is 2.41 bits per heavy atom. The fourth-order valence-electron chi connectivity index (χ4n) is 10.9. The van der Waals surface area contributed by atoms with Crippen LogP contribution in [-0.2, 0) is 26.5 Å². The average molecular weight is 915 g/mol. The van der Waals surface area contributed by atoms with Gasteiger partial charge in [0.25, 0.3) is 5.56 Å². The first-order chi connectivity index (χ1) is 30.6. The van der Waals surface area contributed by atoms with E-state index in [1.165, 1.54) is 16.2 Å². The number of rotatable bonds is 10. The molecule has 5 fully saturated rings. The summed E-state index contributed by atoms with van der Waals surface area (Å²) < 4.78 is 48.3. The van der Waals surface area contributed by atoms with Crippen LogP contribution in [0.15, 0.2) is 57.1 Å². The number of aromatic nitrogens is 5. The van der Waals surface area contributed by atoms with Gasteiger partial charge in [-0.2, -0.15) is 4.98 Å². The molecule has 5 aliphatic rings. The van der Waals surface area contributed by atoms with Crippen LogP contribution in [0.2, 0.25) is 5.02 Å². The van der Waals surface area contributed by atoms with Gasteiger partial charge in [-0.15, -0.1) is 0 Å². The molecular formula is C46H53ClFN9O6S. The highest BCUT2D eigenvalue weighted by Gasteiger charge is 2.51. The van der Waals surface area contributed by atoms with E-state index in [4.69, 9.17) is 16.6 Å². The van der Waals surface area contributed by atoms with E-state index in [0.717, 1.165) is 63.7 Å². The molecule has 2 N–H and O–H groups in total. The van der Waals surface area contributed by atoms with E-state index >= 15 is 4.39 Å². The second-order valence-electron chi connectivity index (χ2n) is 19.1. The number of pyridine rings is 1. The topological polar surface area (TPSA) is 174 Å². The largest absolute Gasteiger partial charge is 0.369 e. The Morgan fingerprint density at radius 1 is 0.984 bits per heavy atom. The van der Waals surface area contributed by atoms with Crippen LogP contribution in [0.1, 0.15) is 88.8 Å². The van der Waals surface area contributed by atoms with Crippen LogP contribution in [-0.4, -0.2) is 86.8 Å². The summed E-state index contributed by atoms with van der Waals surface area (Å²) >= 11 is 6.30. The average Bonchev–Trinajstić information content (AvgIpc) is 4.08. The van der Waals surface area contributed by atoms with E-state index in [1.54, 1.807) is 47.2 Å². The number of halogens is 2. The second-order valence-corrected chi connectivity index (χ2v) is 21.7. The van der Waals surface area contributed by atoms with Gasteiger partial charge in [0.2, 0.25) is 17.8 Å². The molecule has 1 spiro atoms. The second kappa shape index (κ2) is 16.1. The molecule has 2 saturated carbocycles. The number of amides is 2. The summed E-state index contributed by atoms with van der Waals surface area (Å²) in [7, 11) is -2.03. The van der Waals surface area contributed by atoms with Crippen molar-refractivity contribution in [2.24, 2.45) is 24.3 Å². The Morgan fingerprint density at radius 2 is 1.72 bits per heavy atom. The molecular weight excluding hydrogens is 861 g/mol. The minimum absolute atomic E-state index is 0.0387. The monoisotopic (exact) mass is 913 g/mol. The standard InChI is InChI=1S/C46H53ClFN9O6S/c1-26-20-31(6-7-34(26)50-44-49-24-30-21-33(47)43(60)56(41(30)52-44)27(2)29-4-5-29)64(62,63)32-22-46(23-32)14-18-54(19-15-46)25-28-12-16-55(17-13-28)35-8-9-36-40(39(35)48)53(3)45(61)57(36)37-10-11-38(58)51-42(37)59/h6-9,20-21,24,27-29,32,37H,4-5,10-19,22-23,25H2,1-3H3,(H,49,50,52)(H,51,58,59)/t27-,37?/m1/s1. The Bertz CT molecular complexity index is 2960. The number of carbonyl (C=O) groups is 2. The maximum Gasteiger partial charge on any atom is 0.329 e. The van der Waals surface area contributed by atoms with E-state index < -0.39 is 38.5 Å². The molecule has 2 aliphatic carbocycles. The van der Waals surface area contributed by atoms with Gasteiger partial charge in [-0.05, 0) is 144 Å². The van der Waals surface area contributed by atoms with Gasteiger partial charge in [0.1, 0.15) is 22.2 Å². The summed E-state index contributed by atoms with van der Waals surface area (Å²) in [4.78, 5) is 64.7. The molecule has 10 rings (SSSR count). The number of nitrogens with one attached hydrogen (secondary N) is 2. The number of piperidine rings is 3. The molecule has 3 aliphatic heterocycles. The highest BCUT2D eigenvalue weighted by molar-refractivity contribution is 7.92. The quantitative estimate of drug-likeness (QED) is 0.154. The molecule has 0 bridgehead atoms. The normalized spacial score (nSPS) is 21.7. The highest BCUT2D eigenvalue weighted by Crippen LogP contribution is 2.53. The van der Waals surface area contributed by atoms with Crippen LogP contribution in [0.4, 0.5) is 21.7 Å². The third-order valence-electron chi connectivity index (χ3n) is 15.0. The van der Waals surface area contributed by atoms with E-state index in [2.05, 4.69) is 20.5 Å². The number of hydrogen-bond acceptors (Lipinski definition) is 11. The summed E-state index contributed by atoms with van der Waals surface area (Å²) in [5.41, 5.74) is 2.14. The van der Waals surface area contributed by atoms with Crippen molar-refractivity contribution in [1.82, 2.24) is 33.9 Å². The van der Waals surface area contributed by atoms with Crippen molar-refractivity contribution in [3.8, 4) is 0 Å². The Balaban J connectivity index is 0.725. The third kappa shape index (κ3) is 7.50. The van der Waals surface area contributed by atoms with Crippen molar-refractivity contribution < 1.29 is 22.4 Å². The molecule has 338 valence electrons. The maximum atomic E-state index is 16.2. The maximum absolute atomic E-state index is 16.2. The molecule has 15 nitrogen and oxygen atoms in total. The van der Waals surface area contributed by atoms with Gasteiger partial charge in [0.05, 0.1) is 21.3 Å². The number of hydrogen-bond donors (Lipinski definition) is 2. The lowest BCUT2D eigenvalue weighted by Gasteiger charge is -2.52. The Kier molecular flexibility index (Phi) is 10.8. The van der Waals surface area contributed by atoms with Crippen LogP contribution in [0.25, 0.3) is 22.1 Å². The number of imide groups is 1. The van der Waals surface area contributed by atoms with Gasteiger partial charge in [0, 0.05) is 56.4 Å². The van der Waals surface area contributed by atoms with Crippen LogP contribution in [0, 0.1) is 30.0 Å². The number of likely N-dealkylation sites (tertiary alicyclic amines) is 1. The molecule has 2 amide bonds. The van der Waals surface area contributed by atoms with Gasteiger partial charge < -0.3 is 15.1 Å². The fourth-order valence-corrected chi connectivity index (χ4v) is 13.3. The van der Waals surface area contributed by atoms with Crippen LogP contribution >= 0.6 is 11.6 Å². The van der Waals surface area contributed by atoms with Crippen molar-refractivity contribution in [3.63, 3.8) is 0 Å². The van der Waals surface area contributed by atoms with E-state index in [9.17, 15) is 27.6 Å². The summed E-state index contributed by atoms with van der Waals surface area (Å²) in [6.07, 6.45) is 9.12. The van der Waals surface area contributed by atoms with Gasteiger partial charge in [-0.1, -0.05) is 11.6 Å². The highest BCUT2D eigenvalue weighted by atomic mass is 35.5. The number of nitrogens with zero attached hydrogens (tertiary/aromatic N) is 7. The summed E-state index contributed by atoms with van der Waals surface area (Å²) in [5.74, 6) is -0.246. The summed E-state index contributed by atoms with van der Waals surface area (Å²) in [5, 5.41) is 5.93. The van der Waals surface area contributed by atoms with Crippen LogP contribution in [0.5, 0.6) is 0 Å². The minimum atomic E-state index is -3.54. The van der Waals surface area contributed by atoms with Crippen molar-refractivity contribution in [2.45, 2.75) is 100 Å². The molecule has 1 unspecified atom stereocenters. The molecule has 3 aromatic heterocycles. The Hall–Kier alpha value is -5.13. The Labute approximate surface area is 374 Å². The first-order valence-electron chi connectivity index (χ1n) is 22.5. The number of anilines is 3. The molecule has 2 atom stereocenters. The lowest BCUT2D eigenvalue weighted by atomic mass is 9.63. The zero-order valence-corrected chi connectivity index (χ0v) is 37.9. The van der Waals surface area contributed by atoms with Gasteiger partial charge in [-0.25, -0.2) is 22.6 Å². The molecule has 5 aromatic rings. The minimum Gasteiger partial charge on any atom is -0.369 e. The van der Waals surface area contributed by atoms with Gasteiger partial charge in [0.15, 0.2) is 15.7 Å². The molecule has 0 radical (unpaired) electrons. The van der Waals surface area contributed by atoms with E-state index in [0.29, 0.717) is 76.5 Å². The first-order valence-corrected chi connectivity index (χ1v) is 24.4. The summed E-state index contributed by atoms with van der Waals surface area (Å²) in [6, 6.07) is 9.22. The van der Waals surface area contributed by atoms with Crippen molar-refractivity contribution in [2.75, 3.05) is 42.9 Å². The van der Waals surface area contributed by atoms with Crippen LogP contribution in [0.3, 0.4) is 0 Å². The molecule has 3 saturated heterocycles. The predicted octanol–water partition coefficient (Wildman–Crippen LogP) is 6.17. The number of sulfone groups is 1. The predicted molar refractivity (Wildman–Crippen MR) is 243 cm³/mol. The lowest BCUT2D eigenvalue weighted by molar-refractivity contribution is -0.135. The van der Waals surface area contributed by atoms with Crippen molar-refractivity contribution in [3.05, 3.63) is 79.8 Å². The van der Waals surface area contributed by atoms with Crippen molar-refractivity contribution >= 4 is 72.6 Å². The van der Waals surface area contributed by atoms with Crippen molar-refractivity contribution in [1.29, 1.82) is 0 Å². The summed E-state index contributed by atoms with van der Waals surface area (Å²) in [6.45, 7) is 8.05. The third-order valence-corrected chi connectivity index (χ3v) is 17.4. The number of benzene rings is 2. The molecule has 6 heterocycles. The fraction of sp³-hybridized carbons (Fsp3) is 0.522. The number of aryl methyl sites for hydroxylation is 2. The first kappa shape index (κ1) is 42.8. The smallest absolute Gasteiger partial charge is 0.329 e. The lowest BCUT2D eigenvalue weighted by Crippen LogP contribution is -2.52. The SMILES string of the molecule is Cc1cc(S(=O)(=O)C2CC3(CCN(CC4CCN(c5ccc6c(c5F)n(C)c(=O)n6C5CCC(=O)NC5=O)CC4)CC3)C2)ccc1Nc1ncc2cc(Cl)c(=O)n([C@H](C)C3CC3)c2n1. The van der Waals surface area contributed by atoms with Gasteiger partial charge >= 0.3 is 5.69 Å². The molecule has 18 heteroatoms. The van der Waals surface area contributed by atoms with Crippen LogP contribution < -0.4 is 26.8 Å². The zero-order valence-electron chi connectivity index (χ0n) is 36.3. The van der Waals surface area contributed by atoms with E-state index in [-0.39, 0.29) is 46.3 Å². The zero-order chi connectivity index (χ0) is 44.8. The number of imidazole rings is 1. The van der Waals surface area contributed by atoms with Gasteiger partial charge in [-0.3, -0.25) is 33.4 Å².